The third-order valence-electron chi connectivity index (χ3n) is 2.04. The number of hydrogen-bond donors (Lipinski definition) is 1. The molecule has 12 heavy (non-hydrogen) atoms. The zero-order chi connectivity index (χ0) is 8.97. The van der Waals surface area contributed by atoms with Gasteiger partial charge in [0.25, 0.3) is 0 Å². The summed E-state index contributed by atoms with van der Waals surface area (Å²) in [5.74, 6) is 0. The summed E-state index contributed by atoms with van der Waals surface area (Å²) in [6.45, 7) is 8.73. The second-order valence-corrected chi connectivity index (χ2v) is 2.92. The Morgan fingerprint density at radius 2 is 2.17 bits per heavy atom. The number of hydrogen-bond acceptors (Lipinski definition) is 1. The first-order chi connectivity index (χ1) is 5.75. The fourth-order valence-corrected chi connectivity index (χ4v) is 1.12. The van der Waals surface area contributed by atoms with Crippen LogP contribution in [-0.4, -0.2) is 6.54 Å². The lowest BCUT2D eigenvalue weighted by Gasteiger charge is -2.08. The van der Waals surface area contributed by atoms with Gasteiger partial charge in [-0.3, -0.25) is 0 Å². The summed E-state index contributed by atoms with van der Waals surface area (Å²) in [7, 11) is 0. The minimum atomic E-state index is 0.824. The van der Waals surface area contributed by atoms with Crippen LogP contribution >= 0.6 is 0 Å². The molecule has 0 spiro atoms. The maximum atomic E-state index is 3.67. The topological polar surface area (TPSA) is 12.0 Å². The zero-order valence-corrected chi connectivity index (χ0v) is 7.72. The summed E-state index contributed by atoms with van der Waals surface area (Å²) < 4.78 is 0. The largest absolute Gasteiger partial charge is 0.381 e. The average Bonchev–Trinajstić information content (AvgIpc) is 2.08. The van der Waals surface area contributed by atoms with Crippen molar-refractivity contribution in [2.75, 3.05) is 11.9 Å². The molecule has 0 amide bonds. The van der Waals surface area contributed by atoms with Gasteiger partial charge in [0.2, 0.25) is 0 Å². The summed E-state index contributed by atoms with van der Waals surface area (Å²) in [6.07, 6.45) is 1.86. The smallest absolute Gasteiger partial charge is 0.0375 e. The standard InChI is InChI=1S/C11H15N/c1-4-8-12-11-7-5-6-9(2)10(11)3/h4-7,12H,1,8H2,2-3H3. The van der Waals surface area contributed by atoms with Gasteiger partial charge in [-0.1, -0.05) is 18.2 Å². The van der Waals surface area contributed by atoms with Gasteiger partial charge in [0, 0.05) is 12.2 Å². The maximum absolute atomic E-state index is 3.67. The lowest BCUT2D eigenvalue weighted by Crippen LogP contribution is -2.00. The van der Waals surface area contributed by atoms with E-state index in [0.717, 1.165) is 6.54 Å². The van der Waals surface area contributed by atoms with E-state index in [2.05, 4.69) is 43.9 Å². The molecule has 0 aliphatic rings. The maximum Gasteiger partial charge on any atom is 0.0375 e. The number of anilines is 1. The molecule has 0 heterocycles. The van der Waals surface area contributed by atoms with Gasteiger partial charge in [0.1, 0.15) is 0 Å². The van der Waals surface area contributed by atoms with E-state index in [0.29, 0.717) is 0 Å². The van der Waals surface area contributed by atoms with Gasteiger partial charge in [-0.05, 0) is 31.0 Å². The predicted molar refractivity (Wildman–Crippen MR) is 54.6 cm³/mol. The highest BCUT2D eigenvalue weighted by molar-refractivity contribution is 5.53. The molecule has 1 aromatic rings. The van der Waals surface area contributed by atoms with Gasteiger partial charge in [0.05, 0.1) is 0 Å². The van der Waals surface area contributed by atoms with Gasteiger partial charge >= 0.3 is 0 Å². The Hall–Kier alpha value is -1.24. The molecule has 0 aliphatic heterocycles. The Kier molecular flexibility index (Phi) is 2.92. The van der Waals surface area contributed by atoms with Crippen molar-refractivity contribution >= 4 is 5.69 Å². The molecule has 1 aromatic carbocycles. The van der Waals surface area contributed by atoms with E-state index in [-0.39, 0.29) is 0 Å². The Balaban J connectivity index is 2.84. The van der Waals surface area contributed by atoms with Crippen molar-refractivity contribution in [1.29, 1.82) is 0 Å². The second-order valence-electron chi connectivity index (χ2n) is 2.92. The summed E-state index contributed by atoms with van der Waals surface area (Å²) in [5.41, 5.74) is 3.85. The number of aryl methyl sites for hydroxylation is 1. The Labute approximate surface area is 74.1 Å². The van der Waals surface area contributed by atoms with Crippen molar-refractivity contribution in [2.24, 2.45) is 0 Å². The Morgan fingerprint density at radius 1 is 1.42 bits per heavy atom. The normalized spacial score (nSPS) is 9.50. The van der Waals surface area contributed by atoms with Gasteiger partial charge < -0.3 is 5.32 Å². The van der Waals surface area contributed by atoms with Crippen molar-refractivity contribution in [3.63, 3.8) is 0 Å². The van der Waals surface area contributed by atoms with Crippen molar-refractivity contribution < 1.29 is 0 Å². The van der Waals surface area contributed by atoms with E-state index in [9.17, 15) is 0 Å². The van der Waals surface area contributed by atoms with Crippen molar-refractivity contribution in [3.05, 3.63) is 42.0 Å². The molecular weight excluding hydrogens is 146 g/mol. The molecule has 0 unspecified atom stereocenters. The summed E-state index contributed by atoms with van der Waals surface area (Å²) in [6, 6.07) is 6.27. The minimum Gasteiger partial charge on any atom is -0.381 e. The minimum absolute atomic E-state index is 0.824. The summed E-state index contributed by atoms with van der Waals surface area (Å²) in [4.78, 5) is 0. The number of nitrogens with one attached hydrogen (secondary N) is 1. The fourth-order valence-electron chi connectivity index (χ4n) is 1.12. The number of rotatable bonds is 3. The van der Waals surface area contributed by atoms with Crippen LogP contribution in [0.5, 0.6) is 0 Å². The SMILES string of the molecule is C=CCNc1cccc(C)c1C. The van der Waals surface area contributed by atoms with E-state index in [1.54, 1.807) is 0 Å². The third kappa shape index (κ3) is 1.88. The van der Waals surface area contributed by atoms with Crippen LogP contribution in [0.4, 0.5) is 5.69 Å². The van der Waals surface area contributed by atoms with Crippen molar-refractivity contribution in [1.82, 2.24) is 0 Å². The molecular formula is C11H15N. The van der Waals surface area contributed by atoms with Crippen LogP contribution in [0.25, 0.3) is 0 Å². The molecule has 0 aliphatic carbocycles. The Bertz CT molecular complexity index is 276. The van der Waals surface area contributed by atoms with E-state index in [1.165, 1.54) is 16.8 Å². The molecule has 1 nitrogen and oxygen atoms in total. The lowest BCUT2D eigenvalue weighted by atomic mass is 10.1. The van der Waals surface area contributed by atoms with Gasteiger partial charge in [-0.25, -0.2) is 0 Å². The molecule has 0 radical (unpaired) electrons. The van der Waals surface area contributed by atoms with Crippen LogP contribution in [0.2, 0.25) is 0 Å². The fraction of sp³-hybridized carbons (Fsp3) is 0.273. The highest BCUT2D eigenvalue weighted by atomic mass is 14.9. The molecule has 0 atom stereocenters. The van der Waals surface area contributed by atoms with E-state index < -0.39 is 0 Å². The molecule has 0 fully saturated rings. The summed E-state index contributed by atoms with van der Waals surface area (Å²) in [5, 5.41) is 3.29. The molecule has 0 aromatic heterocycles. The summed E-state index contributed by atoms with van der Waals surface area (Å²) >= 11 is 0. The zero-order valence-electron chi connectivity index (χ0n) is 7.72. The van der Waals surface area contributed by atoms with Gasteiger partial charge in [0.15, 0.2) is 0 Å². The predicted octanol–water partition coefficient (Wildman–Crippen LogP) is 2.90. The first-order valence-electron chi connectivity index (χ1n) is 4.16. The molecule has 64 valence electrons. The molecule has 1 rings (SSSR count). The van der Waals surface area contributed by atoms with Crippen molar-refractivity contribution in [2.45, 2.75) is 13.8 Å². The van der Waals surface area contributed by atoms with Crippen LogP contribution in [0.3, 0.4) is 0 Å². The van der Waals surface area contributed by atoms with Crippen LogP contribution in [0.1, 0.15) is 11.1 Å². The molecule has 0 bridgehead atoms. The highest BCUT2D eigenvalue weighted by Gasteiger charge is 1.97. The molecule has 0 saturated carbocycles. The van der Waals surface area contributed by atoms with Crippen LogP contribution < -0.4 is 5.32 Å². The average molecular weight is 161 g/mol. The van der Waals surface area contributed by atoms with Crippen molar-refractivity contribution in [3.8, 4) is 0 Å². The first-order valence-corrected chi connectivity index (χ1v) is 4.16. The van der Waals surface area contributed by atoms with Crippen LogP contribution in [0, 0.1) is 13.8 Å². The highest BCUT2D eigenvalue weighted by Crippen LogP contribution is 2.17. The molecule has 0 saturated heterocycles. The van der Waals surface area contributed by atoms with E-state index >= 15 is 0 Å². The molecule has 1 heteroatoms. The number of benzene rings is 1. The second kappa shape index (κ2) is 3.96. The first kappa shape index (κ1) is 8.85. The third-order valence-corrected chi connectivity index (χ3v) is 2.04. The lowest BCUT2D eigenvalue weighted by molar-refractivity contribution is 1.27. The quantitative estimate of drug-likeness (QED) is 0.672. The van der Waals surface area contributed by atoms with Gasteiger partial charge in [-0.2, -0.15) is 0 Å². The van der Waals surface area contributed by atoms with E-state index in [4.69, 9.17) is 0 Å². The molecule has 1 N–H and O–H groups in total. The van der Waals surface area contributed by atoms with E-state index in [1.807, 2.05) is 6.08 Å². The van der Waals surface area contributed by atoms with Crippen LogP contribution in [0.15, 0.2) is 30.9 Å². The van der Waals surface area contributed by atoms with Crippen LogP contribution in [-0.2, 0) is 0 Å². The monoisotopic (exact) mass is 161 g/mol. The van der Waals surface area contributed by atoms with Gasteiger partial charge in [-0.15, -0.1) is 6.58 Å². The Morgan fingerprint density at radius 3 is 2.83 bits per heavy atom.